The number of nitrogens with zero attached hydrogens (tertiary/aromatic N) is 1. The molecule has 0 bridgehead atoms. The van der Waals surface area contributed by atoms with E-state index in [-0.39, 0.29) is 18.5 Å². The first-order valence-corrected chi connectivity index (χ1v) is 8.85. The predicted octanol–water partition coefficient (Wildman–Crippen LogP) is 4.34. The molecule has 0 amide bonds. The standard InChI is InChI=1S/C20H22ClFN2O/c1-2-15(13-25)23-10-14-11-24(20-9-4-3-6-16(14)20)12-17-18(21)7-5-8-19(17)22/h3-9,11,15,23,25H,2,10,12-13H2,1H3/t15-/m1/s1. The van der Waals surface area contributed by atoms with Gasteiger partial charge in [0.25, 0.3) is 0 Å². The van der Waals surface area contributed by atoms with E-state index < -0.39 is 0 Å². The Hall–Kier alpha value is -1.88. The van der Waals surface area contributed by atoms with Crippen molar-refractivity contribution in [3.8, 4) is 0 Å². The molecule has 2 N–H and O–H groups in total. The van der Waals surface area contributed by atoms with Crippen molar-refractivity contribution in [3.05, 3.63) is 70.6 Å². The molecule has 0 aliphatic carbocycles. The van der Waals surface area contributed by atoms with Crippen molar-refractivity contribution in [2.75, 3.05) is 6.61 Å². The Labute approximate surface area is 152 Å². The topological polar surface area (TPSA) is 37.2 Å². The zero-order chi connectivity index (χ0) is 17.8. The van der Waals surface area contributed by atoms with Crippen LogP contribution in [0.1, 0.15) is 24.5 Å². The van der Waals surface area contributed by atoms with Crippen molar-refractivity contribution in [2.24, 2.45) is 0 Å². The minimum atomic E-state index is -0.295. The number of rotatable bonds is 7. The monoisotopic (exact) mass is 360 g/mol. The van der Waals surface area contributed by atoms with Crippen molar-refractivity contribution in [1.82, 2.24) is 9.88 Å². The highest BCUT2D eigenvalue weighted by Gasteiger charge is 2.13. The van der Waals surface area contributed by atoms with E-state index in [9.17, 15) is 9.50 Å². The third kappa shape index (κ3) is 3.87. The summed E-state index contributed by atoms with van der Waals surface area (Å²) in [7, 11) is 0. The molecule has 0 spiro atoms. The van der Waals surface area contributed by atoms with Gasteiger partial charge in [0.2, 0.25) is 0 Å². The first kappa shape index (κ1) is 17.9. The van der Waals surface area contributed by atoms with Gasteiger partial charge in [0, 0.05) is 40.3 Å². The fraction of sp³-hybridized carbons (Fsp3) is 0.300. The Morgan fingerprint density at radius 1 is 1.20 bits per heavy atom. The number of nitrogens with one attached hydrogen (secondary N) is 1. The van der Waals surface area contributed by atoms with Crippen LogP contribution in [0, 0.1) is 5.82 Å². The third-order valence-electron chi connectivity index (χ3n) is 4.56. The van der Waals surface area contributed by atoms with E-state index in [2.05, 4.69) is 11.4 Å². The van der Waals surface area contributed by atoms with Gasteiger partial charge in [-0.05, 0) is 30.2 Å². The minimum Gasteiger partial charge on any atom is -0.395 e. The normalized spacial score (nSPS) is 12.6. The van der Waals surface area contributed by atoms with Gasteiger partial charge < -0.3 is 15.0 Å². The molecule has 1 atom stereocenters. The summed E-state index contributed by atoms with van der Waals surface area (Å²) in [6.07, 6.45) is 2.89. The number of aromatic nitrogens is 1. The number of hydrogen-bond acceptors (Lipinski definition) is 2. The van der Waals surface area contributed by atoms with E-state index in [0.717, 1.165) is 22.9 Å². The first-order valence-electron chi connectivity index (χ1n) is 8.48. The first-order chi connectivity index (χ1) is 12.1. The van der Waals surface area contributed by atoms with Crippen LogP contribution in [0.2, 0.25) is 5.02 Å². The fourth-order valence-electron chi connectivity index (χ4n) is 3.04. The number of halogens is 2. The van der Waals surface area contributed by atoms with Gasteiger partial charge in [0.15, 0.2) is 0 Å². The lowest BCUT2D eigenvalue weighted by Crippen LogP contribution is -2.31. The van der Waals surface area contributed by atoms with Crippen molar-refractivity contribution in [2.45, 2.75) is 32.5 Å². The predicted molar refractivity (Wildman–Crippen MR) is 100 cm³/mol. The molecular weight excluding hydrogens is 339 g/mol. The van der Waals surface area contributed by atoms with E-state index in [1.54, 1.807) is 12.1 Å². The average Bonchev–Trinajstić information content (AvgIpc) is 2.97. The summed E-state index contributed by atoms with van der Waals surface area (Å²) in [5.74, 6) is -0.295. The number of aliphatic hydroxyl groups excluding tert-OH is 1. The number of aliphatic hydroxyl groups is 1. The highest BCUT2D eigenvalue weighted by atomic mass is 35.5. The van der Waals surface area contributed by atoms with Crippen LogP contribution < -0.4 is 5.32 Å². The maximum atomic E-state index is 14.2. The number of benzene rings is 2. The van der Waals surface area contributed by atoms with Gasteiger partial charge in [-0.1, -0.05) is 42.8 Å². The molecule has 3 aromatic rings. The molecular formula is C20H22ClFN2O. The largest absolute Gasteiger partial charge is 0.395 e. The summed E-state index contributed by atoms with van der Waals surface area (Å²) < 4.78 is 16.2. The minimum absolute atomic E-state index is 0.0723. The van der Waals surface area contributed by atoms with Gasteiger partial charge in [-0.2, -0.15) is 0 Å². The maximum absolute atomic E-state index is 14.2. The molecule has 25 heavy (non-hydrogen) atoms. The summed E-state index contributed by atoms with van der Waals surface area (Å²) in [4.78, 5) is 0. The van der Waals surface area contributed by atoms with E-state index >= 15 is 0 Å². The van der Waals surface area contributed by atoms with Crippen molar-refractivity contribution in [1.29, 1.82) is 0 Å². The third-order valence-corrected chi connectivity index (χ3v) is 4.91. The van der Waals surface area contributed by atoms with Crippen LogP contribution in [0.5, 0.6) is 0 Å². The average molecular weight is 361 g/mol. The Morgan fingerprint density at radius 2 is 2.00 bits per heavy atom. The van der Waals surface area contributed by atoms with Gasteiger partial charge in [-0.25, -0.2) is 4.39 Å². The van der Waals surface area contributed by atoms with Gasteiger partial charge in [-0.3, -0.25) is 0 Å². The van der Waals surface area contributed by atoms with Gasteiger partial charge >= 0.3 is 0 Å². The van der Waals surface area contributed by atoms with Gasteiger partial charge in [-0.15, -0.1) is 0 Å². The smallest absolute Gasteiger partial charge is 0.129 e. The summed E-state index contributed by atoms with van der Waals surface area (Å²) in [6, 6.07) is 12.9. The van der Waals surface area contributed by atoms with Gasteiger partial charge in [0.1, 0.15) is 5.82 Å². The van der Waals surface area contributed by atoms with Crippen LogP contribution in [0.3, 0.4) is 0 Å². The second-order valence-corrected chi connectivity index (χ2v) is 6.58. The molecule has 1 heterocycles. The Kier molecular flexibility index (Phi) is 5.74. The molecule has 1 aromatic heterocycles. The van der Waals surface area contributed by atoms with Crippen molar-refractivity contribution < 1.29 is 9.50 Å². The quantitative estimate of drug-likeness (QED) is 0.657. The van der Waals surface area contributed by atoms with Crippen LogP contribution in [0.25, 0.3) is 10.9 Å². The number of para-hydroxylation sites is 1. The molecule has 0 aliphatic heterocycles. The fourth-order valence-corrected chi connectivity index (χ4v) is 3.26. The highest BCUT2D eigenvalue weighted by Crippen LogP contribution is 2.26. The molecule has 5 heteroatoms. The Balaban J connectivity index is 1.94. The van der Waals surface area contributed by atoms with Crippen LogP contribution in [-0.2, 0) is 13.1 Å². The number of fused-ring (bicyclic) bond motifs is 1. The van der Waals surface area contributed by atoms with Crippen LogP contribution in [0.15, 0.2) is 48.7 Å². The summed E-state index contributed by atoms with van der Waals surface area (Å²) in [5.41, 5.74) is 2.65. The summed E-state index contributed by atoms with van der Waals surface area (Å²) in [6.45, 7) is 3.18. The maximum Gasteiger partial charge on any atom is 0.129 e. The molecule has 0 saturated heterocycles. The molecule has 2 aromatic carbocycles. The summed E-state index contributed by atoms with van der Waals surface area (Å²) in [5, 5.41) is 14.3. The van der Waals surface area contributed by atoms with Crippen molar-refractivity contribution in [3.63, 3.8) is 0 Å². The van der Waals surface area contributed by atoms with E-state index in [4.69, 9.17) is 11.6 Å². The van der Waals surface area contributed by atoms with E-state index in [0.29, 0.717) is 23.7 Å². The molecule has 0 unspecified atom stereocenters. The molecule has 132 valence electrons. The molecule has 0 aliphatic rings. The van der Waals surface area contributed by atoms with Crippen LogP contribution in [0.4, 0.5) is 4.39 Å². The van der Waals surface area contributed by atoms with Crippen molar-refractivity contribution >= 4 is 22.5 Å². The lowest BCUT2D eigenvalue weighted by Gasteiger charge is -2.13. The molecule has 3 rings (SSSR count). The lowest BCUT2D eigenvalue weighted by atomic mass is 10.1. The molecule has 0 fully saturated rings. The number of hydrogen-bond donors (Lipinski definition) is 2. The molecule has 3 nitrogen and oxygen atoms in total. The highest BCUT2D eigenvalue weighted by molar-refractivity contribution is 6.31. The second-order valence-electron chi connectivity index (χ2n) is 6.17. The van der Waals surface area contributed by atoms with E-state index in [1.807, 2.05) is 35.9 Å². The molecule has 0 radical (unpaired) electrons. The SMILES string of the molecule is CC[C@H](CO)NCc1cn(Cc2c(F)cccc2Cl)c2ccccc12. The lowest BCUT2D eigenvalue weighted by molar-refractivity contribution is 0.238. The molecule has 0 saturated carbocycles. The Bertz CT molecular complexity index is 838. The summed E-state index contributed by atoms with van der Waals surface area (Å²) >= 11 is 6.18. The van der Waals surface area contributed by atoms with Crippen LogP contribution >= 0.6 is 11.6 Å². The second kappa shape index (κ2) is 8.00. The Morgan fingerprint density at radius 3 is 2.72 bits per heavy atom. The van der Waals surface area contributed by atoms with E-state index in [1.165, 1.54) is 6.07 Å². The zero-order valence-electron chi connectivity index (χ0n) is 14.2. The zero-order valence-corrected chi connectivity index (χ0v) is 14.9. The van der Waals surface area contributed by atoms with Crippen LogP contribution in [-0.4, -0.2) is 22.3 Å². The van der Waals surface area contributed by atoms with Gasteiger partial charge in [0.05, 0.1) is 13.2 Å².